The van der Waals surface area contributed by atoms with Crippen LogP contribution in [0.3, 0.4) is 0 Å². The van der Waals surface area contributed by atoms with Crippen molar-refractivity contribution in [3.63, 3.8) is 0 Å². The van der Waals surface area contributed by atoms with Crippen LogP contribution in [0.4, 0.5) is 5.13 Å². The highest BCUT2D eigenvalue weighted by Crippen LogP contribution is 2.31. The molecule has 0 saturated carbocycles. The Hall–Kier alpha value is -2.92. The smallest absolute Gasteiger partial charge is 0.231 e. The Kier molecular flexibility index (Phi) is 5.01. The number of nitriles is 1. The highest BCUT2D eigenvalue weighted by Gasteiger charge is 2.28. The molecule has 8 heteroatoms. The Morgan fingerprint density at radius 2 is 2.21 bits per heavy atom. The van der Waals surface area contributed by atoms with Crippen molar-refractivity contribution in [2.45, 2.75) is 19.8 Å². The van der Waals surface area contributed by atoms with Crippen LogP contribution in [0.1, 0.15) is 25.3 Å². The Morgan fingerprint density at radius 1 is 1.36 bits per heavy atom. The predicted molar refractivity (Wildman–Crippen MR) is 108 cm³/mol. The average Bonchev–Trinajstić information content (AvgIpc) is 3.33. The summed E-state index contributed by atoms with van der Waals surface area (Å²) >= 11 is 1.46. The van der Waals surface area contributed by atoms with Crippen molar-refractivity contribution in [2.24, 2.45) is 5.92 Å². The fraction of sp³-hybridized carbons (Fsp3) is 0.400. The van der Waals surface area contributed by atoms with Crippen LogP contribution < -0.4 is 5.32 Å². The number of amides is 2. The van der Waals surface area contributed by atoms with Gasteiger partial charge >= 0.3 is 0 Å². The minimum absolute atomic E-state index is 0.0728. The molecule has 3 heterocycles. The van der Waals surface area contributed by atoms with Gasteiger partial charge in [0.25, 0.3) is 0 Å². The molecule has 4 rings (SSSR count). The lowest BCUT2D eigenvalue weighted by Crippen LogP contribution is -2.32. The van der Waals surface area contributed by atoms with Gasteiger partial charge in [-0.25, -0.2) is 4.98 Å². The summed E-state index contributed by atoms with van der Waals surface area (Å²) in [5.74, 6) is -0.135. The summed E-state index contributed by atoms with van der Waals surface area (Å²) in [5.41, 5.74) is 3.23. The number of nitrogens with zero attached hydrogens (tertiary/aromatic N) is 4. The van der Waals surface area contributed by atoms with E-state index in [1.807, 2.05) is 17.0 Å². The van der Waals surface area contributed by atoms with E-state index in [4.69, 9.17) is 5.26 Å². The largest absolute Gasteiger partial charge is 0.339 e. The zero-order valence-electron chi connectivity index (χ0n) is 15.6. The van der Waals surface area contributed by atoms with Crippen LogP contribution in [0, 0.1) is 17.4 Å². The van der Waals surface area contributed by atoms with Crippen LogP contribution in [-0.4, -0.2) is 52.8 Å². The maximum atomic E-state index is 12.4. The van der Waals surface area contributed by atoms with E-state index < -0.39 is 0 Å². The van der Waals surface area contributed by atoms with Gasteiger partial charge in [-0.3, -0.25) is 9.59 Å². The molecule has 0 bridgehead atoms. The first-order valence-electron chi connectivity index (χ1n) is 9.34. The van der Waals surface area contributed by atoms with E-state index in [-0.39, 0.29) is 17.7 Å². The molecule has 1 saturated heterocycles. The van der Waals surface area contributed by atoms with Gasteiger partial charge < -0.3 is 15.1 Å². The molecule has 0 unspecified atom stereocenters. The lowest BCUT2D eigenvalue weighted by Gasteiger charge is -2.25. The first-order chi connectivity index (χ1) is 13.5. The first-order valence-corrected chi connectivity index (χ1v) is 10.2. The molecule has 1 fully saturated rings. The molecule has 2 aliphatic rings. The lowest BCUT2D eigenvalue weighted by molar-refractivity contribution is -0.128. The summed E-state index contributed by atoms with van der Waals surface area (Å²) in [4.78, 5) is 31.9. The van der Waals surface area contributed by atoms with E-state index in [9.17, 15) is 9.59 Å². The van der Waals surface area contributed by atoms with Crippen LogP contribution >= 0.6 is 11.3 Å². The molecular formula is C20H21N5O2S. The number of nitrogens with one attached hydrogen (secondary N) is 1. The number of rotatable bonds is 3. The van der Waals surface area contributed by atoms with E-state index in [0.717, 1.165) is 28.7 Å². The number of likely N-dealkylation sites (tertiary alicyclic amines) is 1. The van der Waals surface area contributed by atoms with Crippen molar-refractivity contribution in [1.82, 2.24) is 14.8 Å². The van der Waals surface area contributed by atoms with Gasteiger partial charge in [0, 0.05) is 33.1 Å². The fourth-order valence-electron chi connectivity index (χ4n) is 3.67. The predicted octanol–water partition coefficient (Wildman–Crippen LogP) is 2.67. The van der Waals surface area contributed by atoms with Crippen molar-refractivity contribution in [1.29, 1.82) is 5.26 Å². The molecule has 1 aromatic carbocycles. The third kappa shape index (κ3) is 3.71. The number of fused-ring (bicyclic) bond motifs is 1. The van der Waals surface area contributed by atoms with Crippen LogP contribution in [-0.2, 0) is 9.59 Å². The topological polar surface area (TPSA) is 89.3 Å². The molecule has 28 heavy (non-hydrogen) atoms. The van der Waals surface area contributed by atoms with Crippen molar-refractivity contribution in [2.75, 3.05) is 31.5 Å². The van der Waals surface area contributed by atoms with Crippen molar-refractivity contribution in [3.05, 3.63) is 29.8 Å². The van der Waals surface area contributed by atoms with Crippen LogP contribution in [0.5, 0.6) is 0 Å². The Morgan fingerprint density at radius 3 is 2.89 bits per heavy atom. The van der Waals surface area contributed by atoms with Gasteiger partial charge in [-0.05, 0) is 36.1 Å². The van der Waals surface area contributed by atoms with Crippen molar-refractivity contribution >= 4 is 44.1 Å². The average molecular weight is 395 g/mol. The number of carbonyl (C=O) groups is 2. The number of hydrogen-bond acceptors (Lipinski definition) is 6. The van der Waals surface area contributed by atoms with Gasteiger partial charge in [0.05, 0.1) is 16.1 Å². The second-order valence-electron chi connectivity index (χ2n) is 7.17. The van der Waals surface area contributed by atoms with Crippen LogP contribution in [0.15, 0.2) is 24.3 Å². The molecule has 0 aliphatic carbocycles. The van der Waals surface area contributed by atoms with Gasteiger partial charge in [0.2, 0.25) is 11.8 Å². The minimum atomic E-state index is -0.168. The summed E-state index contributed by atoms with van der Waals surface area (Å²) in [6, 6.07) is 6.12. The molecule has 0 radical (unpaired) electrons. The van der Waals surface area contributed by atoms with E-state index in [1.165, 1.54) is 16.9 Å². The number of thiazole rings is 1. The Labute approximate surface area is 167 Å². The summed E-state index contributed by atoms with van der Waals surface area (Å²) in [6.07, 6.45) is 5.73. The number of carbonyl (C=O) groups excluding carboxylic acids is 2. The molecule has 2 aromatic rings. The minimum Gasteiger partial charge on any atom is -0.339 e. The third-order valence-corrected chi connectivity index (χ3v) is 6.28. The lowest BCUT2D eigenvalue weighted by atomic mass is 9.99. The van der Waals surface area contributed by atoms with E-state index in [0.29, 0.717) is 31.2 Å². The van der Waals surface area contributed by atoms with E-state index in [2.05, 4.69) is 28.6 Å². The molecular weight excluding hydrogens is 374 g/mol. The van der Waals surface area contributed by atoms with Crippen molar-refractivity contribution < 1.29 is 9.59 Å². The normalized spacial score (nSPS) is 19.4. The maximum absolute atomic E-state index is 12.4. The SMILES string of the molecule is CC(=O)N1CC=C(c2ccc3nc(NC(=O)[C@H]4CCN(C#N)C4)sc3c2)CC1. The monoisotopic (exact) mass is 395 g/mol. The second-order valence-corrected chi connectivity index (χ2v) is 8.20. The molecule has 1 N–H and O–H groups in total. The van der Waals surface area contributed by atoms with Gasteiger partial charge in [0.1, 0.15) is 0 Å². The molecule has 1 aromatic heterocycles. The van der Waals surface area contributed by atoms with Gasteiger partial charge in [-0.1, -0.05) is 23.5 Å². The third-order valence-electron chi connectivity index (χ3n) is 5.34. The zero-order chi connectivity index (χ0) is 19.7. The summed E-state index contributed by atoms with van der Waals surface area (Å²) in [7, 11) is 0. The molecule has 7 nitrogen and oxygen atoms in total. The summed E-state index contributed by atoms with van der Waals surface area (Å²) in [5, 5.41) is 12.4. The second kappa shape index (κ2) is 7.60. The highest BCUT2D eigenvalue weighted by molar-refractivity contribution is 7.22. The maximum Gasteiger partial charge on any atom is 0.231 e. The van der Waals surface area contributed by atoms with Crippen LogP contribution in [0.2, 0.25) is 0 Å². The molecule has 144 valence electrons. The Balaban J connectivity index is 1.47. The van der Waals surface area contributed by atoms with Gasteiger partial charge in [0.15, 0.2) is 11.3 Å². The highest BCUT2D eigenvalue weighted by atomic mass is 32.1. The van der Waals surface area contributed by atoms with Crippen LogP contribution in [0.25, 0.3) is 15.8 Å². The van der Waals surface area contributed by atoms with Gasteiger partial charge in [-0.15, -0.1) is 0 Å². The zero-order valence-corrected chi connectivity index (χ0v) is 16.5. The molecule has 0 spiro atoms. The number of benzene rings is 1. The first kappa shape index (κ1) is 18.4. The van der Waals surface area contributed by atoms with E-state index >= 15 is 0 Å². The summed E-state index contributed by atoms with van der Waals surface area (Å²) in [6.45, 7) is 4.09. The number of anilines is 1. The standard InChI is InChI=1S/C20H21N5O2S/c1-13(26)25-8-5-14(6-9-25)15-2-3-17-18(10-15)28-20(22-17)23-19(27)16-4-7-24(11-16)12-21/h2-3,5,10,16H,4,6-9,11H2,1H3,(H,22,23,27)/t16-/m0/s1. The summed E-state index contributed by atoms with van der Waals surface area (Å²) < 4.78 is 1.02. The fourth-order valence-corrected chi connectivity index (χ4v) is 4.58. The number of hydrogen-bond donors (Lipinski definition) is 1. The Bertz CT molecular complexity index is 1010. The quantitative estimate of drug-likeness (QED) is 0.807. The molecule has 2 amide bonds. The molecule has 1 atom stereocenters. The molecule has 2 aliphatic heterocycles. The van der Waals surface area contributed by atoms with E-state index in [1.54, 1.807) is 11.8 Å². The van der Waals surface area contributed by atoms with Gasteiger partial charge in [-0.2, -0.15) is 5.26 Å². The number of aromatic nitrogens is 1. The van der Waals surface area contributed by atoms with Crippen molar-refractivity contribution in [3.8, 4) is 6.19 Å².